The van der Waals surface area contributed by atoms with Crippen molar-refractivity contribution < 1.29 is 8.78 Å². The number of rotatable bonds is 6. The van der Waals surface area contributed by atoms with Gasteiger partial charge >= 0.3 is 0 Å². The van der Waals surface area contributed by atoms with Crippen molar-refractivity contribution in [3.8, 4) is 0 Å². The molecule has 0 aliphatic rings. The molecule has 0 aliphatic heterocycles. The summed E-state index contributed by atoms with van der Waals surface area (Å²) in [5.41, 5.74) is 1.26. The molecule has 0 spiro atoms. The summed E-state index contributed by atoms with van der Waals surface area (Å²) in [6.45, 7) is 2.54. The molecule has 0 radical (unpaired) electrons. The zero-order valence-corrected chi connectivity index (χ0v) is 8.92. The Labute approximate surface area is 89.5 Å². The van der Waals surface area contributed by atoms with Crippen molar-refractivity contribution in [3.63, 3.8) is 0 Å². The van der Waals surface area contributed by atoms with Crippen LogP contribution in [0.1, 0.15) is 24.8 Å². The number of hydrogen-bond donors (Lipinski definition) is 1. The first kappa shape index (κ1) is 12.1. The Morgan fingerprint density at radius 1 is 1.20 bits per heavy atom. The normalized spacial score (nSPS) is 13.1. The fourth-order valence-corrected chi connectivity index (χ4v) is 1.48. The molecule has 1 aromatic rings. The van der Waals surface area contributed by atoms with Crippen molar-refractivity contribution in [2.75, 3.05) is 13.1 Å². The highest BCUT2D eigenvalue weighted by molar-refractivity contribution is 5.18. The SMILES string of the molecule is CC(CCNCC(F)F)c1ccccc1. The van der Waals surface area contributed by atoms with Gasteiger partial charge in [0.25, 0.3) is 6.43 Å². The van der Waals surface area contributed by atoms with Crippen LogP contribution in [-0.4, -0.2) is 19.5 Å². The van der Waals surface area contributed by atoms with E-state index in [-0.39, 0.29) is 6.54 Å². The Hall–Kier alpha value is -0.960. The van der Waals surface area contributed by atoms with Gasteiger partial charge in [0.15, 0.2) is 0 Å². The Morgan fingerprint density at radius 3 is 2.47 bits per heavy atom. The standard InChI is InChI=1S/C12H17F2N/c1-10(7-8-15-9-12(13)14)11-5-3-2-4-6-11/h2-6,10,12,15H,7-9H2,1H3. The molecule has 1 atom stereocenters. The lowest BCUT2D eigenvalue weighted by atomic mass is 9.98. The molecule has 0 heterocycles. The third-order valence-electron chi connectivity index (χ3n) is 2.42. The molecule has 0 amide bonds. The topological polar surface area (TPSA) is 12.0 Å². The zero-order valence-electron chi connectivity index (χ0n) is 8.92. The Bertz CT molecular complexity index is 262. The van der Waals surface area contributed by atoms with Gasteiger partial charge in [-0.25, -0.2) is 8.78 Å². The maximum atomic E-state index is 11.8. The molecule has 0 fully saturated rings. The molecule has 0 aromatic heterocycles. The van der Waals surface area contributed by atoms with E-state index in [0.29, 0.717) is 12.5 Å². The minimum atomic E-state index is -2.25. The van der Waals surface area contributed by atoms with Crippen molar-refractivity contribution in [1.82, 2.24) is 5.32 Å². The number of alkyl halides is 2. The van der Waals surface area contributed by atoms with E-state index in [0.717, 1.165) is 6.42 Å². The van der Waals surface area contributed by atoms with E-state index in [9.17, 15) is 8.78 Å². The minimum absolute atomic E-state index is 0.207. The van der Waals surface area contributed by atoms with Gasteiger partial charge in [-0.3, -0.25) is 0 Å². The van der Waals surface area contributed by atoms with Gasteiger partial charge in [-0.2, -0.15) is 0 Å². The minimum Gasteiger partial charge on any atom is -0.311 e. The summed E-state index contributed by atoms with van der Waals surface area (Å²) in [5.74, 6) is 0.413. The molecule has 1 nitrogen and oxygen atoms in total. The molecule has 0 bridgehead atoms. The third kappa shape index (κ3) is 4.88. The lowest BCUT2D eigenvalue weighted by Gasteiger charge is -2.12. The van der Waals surface area contributed by atoms with E-state index < -0.39 is 6.43 Å². The fraction of sp³-hybridized carbons (Fsp3) is 0.500. The highest BCUT2D eigenvalue weighted by Crippen LogP contribution is 2.17. The van der Waals surface area contributed by atoms with Crippen LogP contribution < -0.4 is 5.32 Å². The van der Waals surface area contributed by atoms with Crippen molar-refractivity contribution >= 4 is 0 Å². The Kier molecular flexibility index (Phi) is 5.26. The zero-order chi connectivity index (χ0) is 11.1. The second-order valence-corrected chi connectivity index (χ2v) is 3.70. The van der Waals surface area contributed by atoms with Crippen LogP contribution in [0.5, 0.6) is 0 Å². The smallest absolute Gasteiger partial charge is 0.250 e. The van der Waals surface area contributed by atoms with Crippen LogP contribution >= 0.6 is 0 Å². The lowest BCUT2D eigenvalue weighted by molar-refractivity contribution is 0.146. The van der Waals surface area contributed by atoms with Gasteiger partial charge in [-0.15, -0.1) is 0 Å². The predicted molar refractivity (Wildman–Crippen MR) is 58.3 cm³/mol. The molecule has 15 heavy (non-hydrogen) atoms. The molecular formula is C12H17F2N. The fourth-order valence-electron chi connectivity index (χ4n) is 1.48. The third-order valence-corrected chi connectivity index (χ3v) is 2.42. The van der Waals surface area contributed by atoms with Gasteiger partial charge in [0.05, 0.1) is 6.54 Å². The van der Waals surface area contributed by atoms with Gasteiger partial charge < -0.3 is 5.32 Å². The highest BCUT2D eigenvalue weighted by Gasteiger charge is 2.05. The van der Waals surface area contributed by atoms with Gasteiger partial charge in [0, 0.05) is 0 Å². The van der Waals surface area contributed by atoms with Crippen LogP contribution in [0.25, 0.3) is 0 Å². The van der Waals surface area contributed by atoms with Crippen LogP contribution in [0, 0.1) is 0 Å². The first-order valence-electron chi connectivity index (χ1n) is 5.24. The van der Waals surface area contributed by atoms with Crippen LogP contribution in [0.15, 0.2) is 30.3 Å². The van der Waals surface area contributed by atoms with Gasteiger partial charge in [0.1, 0.15) is 0 Å². The first-order chi connectivity index (χ1) is 7.20. The molecule has 0 saturated heterocycles. The van der Waals surface area contributed by atoms with Crippen LogP contribution in [0.2, 0.25) is 0 Å². The quantitative estimate of drug-likeness (QED) is 0.716. The van der Waals surface area contributed by atoms with Crippen LogP contribution in [-0.2, 0) is 0 Å². The number of benzene rings is 1. The van der Waals surface area contributed by atoms with E-state index in [1.54, 1.807) is 0 Å². The second-order valence-electron chi connectivity index (χ2n) is 3.70. The Balaban J connectivity index is 2.22. The van der Waals surface area contributed by atoms with Crippen molar-refractivity contribution in [1.29, 1.82) is 0 Å². The Morgan fingerprint density at radius 2 is 1.87 bits per heavy atom. The van der Waals surface area contributed by atoms with Crippen molar-refractivity contribution in [3.05, 3.63) is 35.9 Å². The van der Waals surface area contributed by atoms with E-state index in [2.05, 4.69) is 24.4 Å². The predicted octanol–water partition coefficient (Wildman–Crippen LogP) is 3.03. The summed E-state index contributed by atoms with van der Waals surface area (Å²) in [6.07, 6.45) is -1.37. The molecule has 1 rings (SSSR count). The van der Waals surface area contributed by atoms with E-state index in [4.69, 9.17) is 0 Å². The summed E-state index contributed by atoms with van der Waals surface area (Å²) in [5, 5.41) is 2.74. The first-order valence-corrected chi connectivity index (χ1v) is 5.24. The maximum Gasteiger partial charge on any atom is 0.250 e. The summed E-state index contributed by atoms with van der Waals surface area (Å²) in [7, 11) is 0. The second kappa shape index (κ2) is 6.51. The summed E-state index contributed by atoms with van der Waals surface area (Å²) >= 11 is 0. The molecular weight excluding hydrogens is 196 g/mol. The molecule has 1 unspecified atom stereocenters. The number of halogens is 2. The number of hydrogen-bond acceptors (Lipinski definition) is 1. The summed E-state index contributed by atoms with van der Waals surface area (Å²) < 4.78 is 23.6. The van der Waals surface area contributed by atoms with Crippen LogP contribution in [0.3, 0.4) is 0 Å². The average Bonchev–Trinajstić information content (AvgIpc) is 2.25. The maximum absolute atomic E-state index is 11.8. The average molecular weight is 213 g/mol. The summed E-state index contributed by atoms with van der Waals surface area (Å²) in [6, 6.07) is 10.1. The van der Waals surface area contributed by atoms with E-state index in [1.807, 2.05) is 18.2 Å². The largest absolute Gasteiger partial charge is 0.311 e. The molecule has 0 aliphatic carbocycles. The molecule has 1 N–H and O–H groups in total. The molecule has 84 valence electrons. The van der Waals surface area contributed by atoms with Gasteiger partial charge in [-0.1, -0.05) is 37.3 Å². The molecule has 1 aromatic carbocycles. The van der Waals surface area contributed by atoms with E-state index in [1.165, 1.54) is 5.56 Å². The monoisotopic (exact) mass is 213 g/mol. The summed E-state index contributed by atoms with van der Waals surface area (Å²) in [4.78, 5) is 0. The van der Waals surface area contributed by atoms with Crippen molar-refractivity contribution in [2.24, 2.45) is 0 Å². The number of nitrogens with one attached hydrogen (secondary N) is 1. The molecule has 3 heteroatoms. The van der Waals surface area contributed by atoms with Crippen molar-refractivity contribution in [2.45, 2.75) is 25.7 Å². The lowest BCUT2D eigenvalue weighted by Crippen LogP contribution is -2.23. The highest BCUT2D eigenvalue weighted by atomic mass is 19.3. The van der Waals surface area contributed by atoms with Crippen LogP contribution in [0.4, 0.5) is 8.78 Å². The van der Waals surface area contributed by atoms with Gasteiger partial charge in [0.2, 0.25) is 0 Å². The van der Waals surface area contributed by atoms with E-state index >= 15 is 0 Å². The van der Waals surface area contributed by atoms with Gasteiger partial charge in [-0.05, 0) is 24.4 Å². The molecule has 0 saturated carbocycles.